The molecule has 2 heterocycles. The minimum Gasteiger partial charge on any atom is -0.443 e. The first-order valence-corrected chi connectivity index (χ1v) is 12.9. The van der Waals surface area contributed by atoms with Gasteiger partial charge in [-0.15, -0.1) is 0 Å². The second-order valence-electron chi connectivity index (χ2n) is 8.99. The summed E-state index contributed by atoms with van der Waals surface area (Å²) in [6, 6.07) is 13.0. The molecule has 2 aromatic heterocycles. The van der Waals surface area contributed by atoms with Crippen LogP contribution in [0, 0.1) is 5.92 Å². The summed E-state index contributed by atoms with van der Waals surface area (Å²) >= 11 is 0. The van der Waals surface area contributed by atoms with E-state index in [9.17, 15) is 13.2 Å². The van der Waals surface area contributed by atoms with Crippen LogP contribution in [0.2, 0.25) is 0 Å². The number of primary amides is 1. The largest absolute Gasteiger partial charge is 0.443 e. The van der Waals surface area contributed by atoms with Gasteiger partial charge in [0, 0.05) is 30.7 Å². The lowest BCUT2D eigenvalue weighted by Crippen LogP contribution is -2.38. The van der Waals surface area contributed by atoms with Crippen molar-refractivity contribution < 1.29 is 17.9 Å². The lowest BCUT2D eigenvalue weighted by Gasteiger charge is -2.30. The summed E-state index contributed by atoms with van der Waals surface area (Å²) in [5.41, 5.74) is 14.1. The standard InChI is InChI=1S/C26H32N4O4S/c1-19(26(2,3)34-25(28)31)14-21-15-24(23-11-5-4-10-22(23)16-27)30(18-21)35(32,33)13-7-9-20-8-6-12-29-17-20/h4-12,15,17-19H,13-14,16,27H2,1-3H3,(H2,28,31). The SMILES string of the molecule is CC(Cc1cc(-c2ccccc2CN)n(S(=O)(=O)CC=Cc2cccnc2)c1)C(C)(C)OC(N)=O. The fourth-order valence-corrected chi connectivity index (χ4v) is 5.05. The maximum atomic E-state index is 13.4. The number of carbonyl (C=O) groups is 1. The van der Waals surface area contributed by atoms with E-state index in [1.807, 2.05) is 43.3 Å². The smallest absolute Gasteiger partial charge is 0.405 e. The third-order valence-electron chi connectivity index (χ3n) is 6.05. The van der Waals surface area contributed by atoms with Crippen LogP contribution in [0.5, 0.6) is 0 Å². The number of pyridine rings is 1. The van der Waals surface area contributed by atoms with Gasteiger partial charge in [-0.2, -0.15) is 0 Å². The van der Waals surface area contributed by atoms with Crippen LogP contribution in [0.4, 0.5) is 4.79 Å². The molecular formula is C26H32N4O4S. The number of rotatable bonds is 10. The van der Waals surface area contributed by atoms with Crippen LogP contribution in [-0.4, -0.2) is 34.8 Å². The van der Waals surface area contributed by atoms with Gasteiger partial charge >= 0.3 is 6.09 Å². The summed E-state index contributed by atoms with van der Waals surface area (Å²) in [6.45, 7) is 5.76. The third-order valence-corrected chi connectivity index (χ3v) is 7.56. The second-order valence-corrected chi connectivity index (χ2v) is 10.9. The Morgan fingerprint density at radius 1 is 1.23 bits per heavy atom. The van der Waals surface area contributed by atoms with E-state index in [0.29, 0.717) is 12.1 Å². The van der Waals surface area contributed by atoms with Crippen LogP contribution in [0.3, 0.4) is 0 Å². The van der Waals surface area contributed by atoms with Crippen molar-refractivity contribution >= 4 is 22.2 Å². The van der Waals surface area contributed by atoms with Gasteiger partial charge in [0.05, 0.1) is 11.4 Å². The van der Waals surface area contributed by atoms with Gasteiger partial charge in [-0.3, -0.25) is 4.98 Å². The molecule has 0 fully saturated rings. The molecule has 0 saturated carbocycles. The van der Waals surface area contributed by atoms with E-state index < -0.39 is 21.7 Å². The highest BCUT2D eigenvalue weighted by Gasteiger charge is 2.30. The van der Waals surface area contributed by atoms with E-state index in [1.54, 1.807) is 50.7 Å². The van der Waals surface area contributed by atoms with Gasteiger partial charge in [-0.1, -0.05) is 49.4 Å². The predicted molar refractivity (Wildman–Crippen MR) is 138 cm³/mol. The lowest BCUT2D eigenvalue weighted by atomic mass is 9.87. The molecule has 0 aliphatic rings. The molecule has 3 aromatic rings. The van der Waals surface area contributed by atoms with Gasteiger partial charge in [-0.25, -0.2) is 17.2 Å². The van der Waals surface area contributed by atoms with Gasteiger partial charge in [0.2, 0.25) is 10.0 Å². The molecule has 0 bridgehead atoms. The summed E-state index contributed by atoms with van der Waals surface area (Å²) in [6.07, 6.45) is 7.93. The molecule has 0 radical (unpaired) electrons. The molecule has 0 saturated heterocycles. The van der Waals surface area contributed by atoms with Gasteiger partial charge < -0.3 is 16.2 Å². The van der Waals surface area contributed by atoms with Crippen molar-refractivity contribution in [3.8, 4) is 11.3 Å². The number of nitrogens with zero attached hydrogens (tertiary/aromatic N) is 2. The summed E-state index contributed by atoms with van der Waals surface area (Å²) in [5.74, 6) is -0.323. The Morgan fingerprint density at radius 2 is 1.97 bits per heavy atom. The van der Waals surface area contributed by atoms with Crippen LogP contribution >= 0.6 is 0 Å². The fourth-order valence-electron chi connectivity index (χ4n) is 3.80. The number of hydrogen-bond acceptors (Lipinski definition) is 6. The molecule has 1 aromatic carbocycles. The Bertz CT molecular complexity index is 1300. The molecule has 0 spiro atoms. The van der Waals surface area contributed by atoms with E-state index in [1.165, 1.54) is 3.97 Å². The van der Waals surface area contributed by atoms with Gasteiger partial charge in [0.25, 0.3) is 0 Å². The maximum absolute atomic E-state index is 13.4. The summed E-state index contributed by atoms with van der Waals surface area (Å²) in [7, 11) is -3.74. The lowest BCUT2D eigenvalue weighted by molar-refractivity contribution is 0.00479. The average Bonchev–Trinajstić information content (AvgIpc) is 3.23. The Balaban J connectivity index is 1.99. The first-order valence-electron chi connectivity index (χ1n) is 11.3. The molecule has 0 aliphatic carbocycles. The van der Waals surface area contributed by atoms with Crippen molar-refractivity contribution in [2.45, 2.75) is 39.3 Å². The van der Waals surface area contributed by atoms with Crippen molar-refractivity contribution in [1.29, 1.82) is 0 Å². The molecule has 9 heteroatoms. The highest BCUT2D eigenvalue weighted by molar-refractivity contribution is 7.90. The van der Waals surface area contributed by atoms with Crippen molar-refractivity contribution in [1.82, 2.24) is 8.96 Å². The summed E-state index contributed by atoms with van der Waals surface area (Å²) < 4.78 is 33.5. The van der Waals surface area contributed by atoms with Crippen molar-refractivity contribution in [2.75, 3.05) is 5.75 Å². The van der Waals surface area contributed by atoms with Crippen LogP contribution in [0.15, 0.2) is 67.1 Å². The Kier molecular flexibility index (Phi) is 8.14. The van der Waals surface area contributed by atoms with Gasteiger partial charge in [0.1, 0.15) is 5.60 Å². The van der Waals surface area contributed by atoms with Crippen LogP contribution in [0.25, 0.3) is 17.3 Å². The highest BCUT2D eigenvalue weighted by atomic mass is 32.2. The molecule has 8 nitrogen and oxygen atoms in total. The van der Waals surface area contributed by atoms with E-state index in [2.05, 4.69) is 4.98 Å². The Morgan fingerprint density at radius 3 is 2.63 bits per heavy atom. The minimum atomic E-state index is -3.74. The Labute approximate surface area is 206 Å². The molecule has 1 amide bonds. The third kappa shape index (κ3) is 6.58. The van der Waals surface area contributed by atoms with Gasteiger partial charge in [-0.05, 0) is 55.0 Å². The molecule has 3 rings (SSSR count). The van der Waals surface area contributed by atoms with E-state index in [4.69, 9.17) is 16.2 Å². The van der Waals surface area contributed by atoms with E-state index in [-0.39, 0.29) is 18.2 Å². The number of nitrogens with two attached hydrogens (primary N) is 2. The number of ether oxygens (including phenoxy) is 1. The summed E-state index contributed by atoms with van der Waals surface area (Å²) in [5, 5.41) is 0. The van der Waals surface area contributed by atoms with Crippen molar-refractivity contribution in [2.24, 2.45) is 17.4 Å². The zero-order valence-electron chi connectivity index (χ0n) is 20.2. The number of benzene rings is 1. The first-order chi connectivity index (χ1) is 16.5. The van der Waals surface area contributed by atoms with Crippen LogP contribution in [-0.2, 0) is 27.7 Å². The zero-order valence-corrected chi connectivity index (χ0v) is 21.0. The molecule has 4 N–H and O–H groups in total. The fraction of sp³-hybridized carbons (Fsp3) is 0.308. The highest BCUT2D eigenvalue weighted by Crippen LogP contribution is 2.31. The normalized spacial score (nSPS) is 13.1. The van der Waals surface area contributed by atoms with Gasteiger partial charge in [0.15, 0.2) is 0 Å². The zero-order chi connectivity index (χ0) is 25.6. The quantitative estimate of drug-likeness (QED) is 0.437. The topological polar surface area (TPSA) is 130 Å². The summed E-state index contributed by atoms with van der Waals surface area (Å²) in [4.78, 5) is 15.4. The Hall–Kier alpha value is -3.43. The molecule has 1 atom stereocenters. The average molecular weight is 497 g/mol. The monoisotopic (exact) mass is 496 g/mol. The molecular weight excluding hydrogens is 464 g/mol. The number of hydrogen-bond donors (Lipinski definition) is 2. The maximum Gasteiger partial charge on any atom is 0.405 e. The predicted octanol–water partition coefficient (Wildman–Crippen LogP) is 3.95. The molecule has 186 valence electrons. The molecule has 0 aliphatic heterocycles. The van der Waals surface area contributed by atoms with E-state index in [0.717, 1.165) is 22.3 Å². The van der Waals surface area contributed by atoms with Crippen LogP contribution < -0.4 is 11.5 Å². The van der Waals surface area contributed by atoms with Crippen LogP contribution in [0.1, 0.15) is 37.5 Å². The number of amides is 1. The number of aromatic nitrogens is 2. The molecule has 1 unspecified atom stereocenters. The minimum absolute atomic E-state index is 0.128. The second kappa shape index (κ2) is 10.9. The van der Waals surface area contributed by atoms with E-state index >= 15 is 0 Å². The number of carbonyl (C=O) groups excluding carboxylic acids is 1. The molecule has 35 heavy (non-hydrogen) atoms. The van der Waals surface area contributed by atoms with Crippen molar-refractivity contribution in [3.05, 3.63) is 83.8 Å². The first kappa shape index (κ1) is 26.2. The van der Waals surface area contributed by atoms with Crippen molar-refractivity contribution in [3.63, 3.8) is 0 Å².